The van der Waals surface area contributed by atoms with Gasteiger partial charge in [-0.1, -0.05) is 6.92 Å². The Kier molecular flexibility index (Phi) is 4.77. The van der Waals surface area contributed by atoms with E-state index >= 15 is 0 Å². The van der Waals surface area contributed by atoms with Crippen LogP contribution in [-0.2, 0) is 10.2 Å². The first-order chi connectivity index (χ1) is 9.87. The Balaban J connectivity index is 2.24. The predicted octanol–water partition coefficient (Wildman–Crippen LogP) is 1.78. The molecule has 1 aromatic rings. The van der Waals surface area contributed by atoms with E-state index in [0.717, 1.165) is 0 Å². The zero-order valence-electron chi connectivity index (χ0n) is 11.7. The Bertz CT molecular complexity index is 557. The molecule has 1 aliphatic rings. The molecule has 0 bridgehead atoms. The van der Waals surface area contributed by atoms with Gasteiger partial charge in [0, 0.05) is 7.05 Å². The van der Waals surface area contributed by atoms with Gasteiger partial charge in [-0.05, 0) is 64.6 Å². The lowest BCUT2D eigenvalue weighted by Gasteiger charge is -2.45. The molecule has 2 rings (SSSR count). The molecule has 0 atom stereocenters. The van der Waals surface area contributed by atoms with Crippen LogP contribution in [-0.4, -0.2) is 23.1 Å². The summed E-state index contributed by atoms with van der Waals surface area (Å²) in [5, 5.41) is 3.02. The van der Waals surface area contributed by atoms with Crippen LogP contribution in [0.15, 0.2) is 16.7 Å². The summed E-state index contributed by atoms with van der Waals surface area (Å²) in [7, 11) is 1.65. The number of hydrogen-bond acceptors (Lipinski definition) is 3. The monoisotopic (exact) mass is 374 g/mol. The maximum Gasteiger partial charge on any atom is 0.249 e. The maximum atomic E-state index is 13.5. The van der Waals surface area contributed by atoms with Crippen molar-refractivity contribution in [2.24, 2.45) is 5.92 Å². The van der Waals surface area contributed by atoms with Crippen molar-refractivity contribution in [1.29, 1.82) is 0 Å². The summed E-state index contributed by atoms with van der Waals surface area (Å²) < 4.78 is 13.9. The molecule has 5 nitrogen and oxygen atoms in total. The third-order valence-electron chi connectivity index (χ3n) is 3.66. The molecule has 8 heteroatoms. The summed E-state index contributed by atoms with van der Waals surface area (Å²) in [6.07, 6.45) is 1.31. The molecule has 1 aliphatic carbocycles. The molecule has 0 saturated heterocycles. The minimum atomic E-state index is -0.748. The van der Waals surface area contributed by atoms with Crippen LogP contribution in [0.5, 0.6) is 0 Å². The van der Waals surface area contributed by atoms with Gasteiger partial charge in [-0.3, -0.25) is 15.6 Å². The zero-order chi connectivity index (χ0) is 15.6. The molecule has 0 aromatic carbocycles. The van der Waals surface area contributed by atoms with Crippen molar-refractivity contribution < 1.29 is 9.18 Å². The van der Waals surface area contributed by atoms with E-state index in [9.17, 15) is 9.18 Å². The smallest absolute Gasteiger partial charge is 0.249 e. The molecule has 1 heterocycles. The molecule has 1 fully saturated rings. The largest absolute Gasteiger partial charge is 0.364 e. The number of pyridine rings is 1. The Labute approximate surface area is 136 Å². The molecule has 1 aromatic heterocycles. The fourth-order valence-electron chi connectivity index (χ4n) is 2.72. The van der Waals surface area contributed by atoms with E-state index in [4.69, 9.17) is 12.2 Å². The lowest BCUT2D eigenvalue weighted by atomic mass is 9.59. The number of aromatic nitrogens is 1. The highest BCUT2D eigenvalue weighted by molar-refractivity contribution is 9.10. The van der Waals surface area contributed by atoms with Gasteiger partial charge in [0.1, 0.15) is 4.60 Å². The van der Waals surface area contributed by atoms with Gasteiger partial charge in [0.2, 0.25) is 11.9 Å². The van der Waals surface area contributed by atoms with Crippen LogP contribution in [0, 0.1) is 11.9 Å². The number of halogens is 2. The van der Waals surface area contributed by atoms with Crippen LogP contribution in [0.3, 0.4) is 0 Å². The van der Waals surface area contributed by atoms with Crippen LogP contribution in [0.4, 0.5) is 4.39 Å². The van der Waals surface area contributed by atoms with Gasteiger partial charge in [0.15, 0.2) is 5.11 Å². The minimum Gasteiger partial charge on any atom is -0.364 e. The maximum absolute atomic E-state index is 13.5. The number of rotatable bonds is 2. The van der Waals surface area contributed by atoms with Crippen LogP contribution in [0.2, 0.25) is 0 Å². The summed E-state index contributed by atoms with van der Waals surface area (Å²) in [4.78, 5) is 16.2. The molecular weight excluding hydrogens is 359 g/mol. The number of thiocarbonyl (C=S) groups is 1. The van der Waals surface area contributed by atoms with Crippen molar-refractivity contribution in [3.05, 3.63) is 28.2 Å². The number of hydrazine groups is 1. The van der Waals surface area contributed by atoms with Crippen LogP contribution in [0.25, 0.3) is 0 Å². The van der Waals surface area contributed by atoms with E-state index in [0.29, 0.717) is 34.0 Å². The van der Waals surface area contributed by atoms with Crippen molar-refractivity contribution in [3.8, 4) is 0 Å². The van der Waals surface area contributed by atoms with E-state index in [1.807, 2.05) is 0 Å². The zero-order valence-corrected chi connectivity index (χ0v) is 14.1. The summed E-state index contributed by atoms with van der Waals surface area (Å²) in [5.41, 5.74) is 5.07. The lowest BCUT2D eigenvalue weighted by molar-refractivity contribution is -0.132. The van der Waals surface area contributed by atoms with Gasteiger partial charge < -0.3 is 5.32 Å². The van der Waals surface area contributed by atoms with Crippen LogP contribution >= 0.6 is 28.1 Å². The van der Waals surface area contributed by atoms with Crippen LogP contribution < -0.4 is 16.2 Å². The lowest BCUT2D eigenvalue weighted by Crippen LogP contribution is -2.57. The average molecular weight is 375 g/mol. The summed E-state index contributed by atoms with van der Waals surface area (Å²) in [6.45, 7) is 2.06. The van der Waals surface area contributed by atoms with Crippen LogP contribution in [0.1, 0.15) is 25.3 Å². The fraction of sp³-hybridized carbons (Fsp3) is 0.462. The SMILES string of the molecule is CNC(=S)NNC(=O)C1(c2cc(F)nc(Br)c2)CC(C)C1. The molecule has 21 heavy (non-hydrogen) atoms. The normalized spacial score (nSPS) is 23.9. The summed E-state index contributed by atoms with van der Waals surface area (Å²) in [6, 6.07) is 3.00. The second kappa shape index (κ2) is 6.23. The highest BCUT2D eigenvalue weighted by Crippen LogP contribution is 2.48. The highest BCUT2D eigenvalue weighted by Gasteiger charge is 2.50. The summed E-state index contributed by atoms with van der Waals surface area (Å²) in [5.74, 6) is -0.428. The van der Waals surface area contributed by atoms with Crippen molar-refractivity contribution in [3.63, 3.8) is 0 Å². The van der Waals surface area contributed by atoms with E-state index in [1.54, 1.807) is 13.1 Å². The van der Waals surface area contributed by atoms with E-state index in [2.05, 4.69) is 44.0 Å². The molecule has 0 aliphatic heterocycles. The standard InChI is InChI=1S/C13H16BrFN4OS/c1-7-5-13(6-7,11(20)18-19-12(21)16-2)8-3-9(14)17-10(15)4-8/h3-4,7H,5-6H2,1-2H3,(H,18,20)(H2,16,19,21). The van der Waals surface area contributed by atoms with Gasteiger partial charge >= 0.3 is 0 Å². The van der Waals surface area contributed by atoms with Gasteiger partial charge in [-0.15, -0.1) is 0 Å². The van der Waals surface area contributed by atoms with Crippen molar-refractivity contribution >= 4 is 39.2 Å². The van der Waals surface area contributed by atoms with Gasteiger partial charge in [0.05, 0.1) is 5.41 Å². The van der Waals surface area contributed by atoms with Gasteiger partial charge in [-0.25, -0.2) is 4.98 Å². The molecule has 0 spiro atoms. The first kappa shape index (κ1) is 16.1. The molecule has 0 unspecified atom stereocenters. The number of carbonyl (C=O) groups is 1. The Morgan fingerprint density at radius 2 is 2.14 bits per heavy atom. The Morgan fingerprint density at radius 1 is 1.48 bits per heavy atom. The molecule has 3 N–H and O–H groups in total. The second-order valence-electron chi connectivity index (χ2n) is 5.26. The Hall–Kier alpha value is -1.28. The third-order valence-corrected chi connectivity index (χ3v) is 4.37. The van der Waals surface area contributed by atoms with Crippen molar-refractivity contribution in [1.82, 2.24) is 21.2 Å². The Morgan fingerprint density at radius 3 is 2.67 bits per heavy atom. The van der Waals surface area contributed by atoms with E-state index in [-0.39, 0.29) is 5.91 Å². The number of amides is 1. The average Bonchev–Trinajstić information content (AvgIpc) is 2.39. The van der Waals surface area contributed by atoms with Crippen molar-refractivity contribution in [2.75, 3.05) is 7.05 Å². The number of nitrogens with zero attached hydrogens (tertiary/aromatic N) is 1. The fourth-order valence-corrected chi connectivity index (χ4v) is 3.19. The highest BCUT2D eigenvalue weighted by atomic mass is 79.9. The quantitative estimate of drug-likeness (QED) is 0.418. The van der Waals surface area contributed by atoms with Gasteiger partial charge in [0.25, 0.3) is 0 Å². The molecule has 0 radical (unpaired) electrons. The summed E-state index contributed by atoms with van der Waals surface area (Å²) >= 11 is 8.08. The second-order valence-corrected chi connectivity index (χ2v) is 6.48. The predicted molar refractivity (Wildman–Crippen MR) is 84.9 cm³/mol. The first-order valence-electron chi connectivity index (χ1n) is 6.49. The number of hydrogen-bond donors (Lipinski definition) is 3. The molecular formula is C13H16BrFN4OS. The topological polar surface area (TPSA) is 66.0 Å². The van der Waals surface area contributed by atoms with Crippen molar-refractivity contribution in [2.45, 2.75) is 25.2 Å². The molecule has 1 amide bonds. The first-order valence-corrected chi connectivity index (χ1v) is 7.69. The molecule has 1 saturated carbocycles. The van der Waals surface area contributed by atoms with E-state index < -0.39 is 11.4 Å². The number of carbonyl (C=O) groups excluding carboxylic acids is 1. The minimum absolute atomic E-state index is 0.226. The van der Waals surface area contributed by atoms with E-state index in [1.165, 1.54) is 6.07 Å². The number of nitrogens with one attached hydrogen (secondary N) is 3. The molecule has 114 valence electrons. The van der Waals surface area contributed by atoms with Gasteiger partial charge in [-0.2, -0.15) is 4.39 Å². The third kappa shape index (κ3) is 3.32.